The molecule has 0 spiro atoms. The zero-order chi connectivity index (χ0) is 23.7. The molecule has 0 fully saturated rings. The maximum absolute atomic E-state index is 13.5. The highest BCUT2D eigenvalue weighted by Crippen LogP contribution is 2.44. The Kier molecular flexibility index (Phi) is 5.99. The number of H-pyrrole nitrogens is 1. The fourth-order valence-corrected chi connectivity index (χ4v) is 4.70. The summed E-state index contributed by atoms with van der Waals surface area (Å²) in [6, 6.07) is 22.9. The van der Waals surface area contributed by atoms with Gasteiger partial charge in [0, 0.05) is 22.7 Å². The molecule has 1 N–H and O–H groups in total. The largest absolute Gasteiger partial charge is 0.497 e. The fraction of sp³-hybridized carbons (Fsp3) is 0.185. The Labute approximate surface area is 203 Å². The van der Waals surface area contributed by atoms with Gasteiger partial charge in [0.15, 0.2) is 0 Å². The number of hydrogen-bond acceptors (Lipinski definition) is 4. The lowest BCUT2D eigenvalue weighted by molar-refractivity contribution is 0.0746. The van der Waals surface area contributed by atoms with Crippen LogP contribution in [0.1, 0.15) is 33.2 Å². The average molecular weight is 474 g/mol. The van der Waals surface area contributed by atoms with Crippen molar-refractivity contribution in [3.8, 4) is 22.8 Å². The lowest BCUT2D eigenvalue weighted by Crippen LogP contribution is -2.31. The molecule has 0 saturated heterocycles. The molecule has 1 aliphatic heterocycles. The number of nitrogens with zero attached hydrogens (tertiary/aromatic N) is 2. The third-order valence-electron chi connectivity index (χ3n) is 6.23. The van der Waals surface area contributed by atoms with Crippen LogP contribution in [0.5, 0.6) is 11.5 Å². The van der Waals surface area contributed by atoms with E-state index in [2.05, 4.69) is 10.2 Å². The highest BCUT2D eigenvalue weighted by atomic mass is 35.5. The van der Waals surface area contributed by atoms with Gasteiger partial charge in [-0.3, -0.25) is 9.89 Å². The molecule has 0 aliphatic carbocycles. The van der Waals surface area contributed by atoms with Crippen molar-refractivity contribution in [2.75, 3.05) is 20.8 Å². The predicted octanol–water partition coefficient (Wildman–Crippen LogP) is 5.54. The molecular weight excluding hydrogens is 450 g/mol. The van der Waals surface area contributed by atoms with E-state index in [-0.39, 0.29) is 11.9 Å². The number of fused-ring (bicyclic) bond motifs is 1. The van der Waals surface area contributed by atoms with E-state index in [1.54, 1.807) is 14.2 Å². The maximum atomic E-state index is 13.5. The molecule has 2 heterocycles. The molecule has 1 unspecified atom stereocenters. The van der Waals surface area contributed by atoms with Gasteiger partial charge >= 0.3 is 0 Å². The first-order valence-corrected chi connectivity index (χ1v) is 11.4. The molecule has 1 amide bonds. The number of aromatic nitrogens is 2. The molecule has 34 heavy (non-hydrogen) atoms. The molecule has 5 rings (SSSR count). The quantitative estimate of drug-likeness (QED) is 0.383. The first-order valence-electron chi connectivity index (χ1n) is 11.0. The van der Waals surface area contributed by atoms with Crippen molar-refractivity contribution in [2.24, 2.45) is 0 Å². The second-order valence-electron chi connectivity index (χ2n) is 8.11. The normalized spacial score (nSPS) is 14.9. The van der Waals surface area contributed by atoms with Crippen LogP contribution in [0.25, 0.3) is 11.3 Å². The van der Waals surface area contributed by atoms with E-state index in [1.165, 1.54) is 0 Å². The molecule has 0 saturated carbocycles. The molecule has 0 bridgehead atoms. The minimum absolute atomic E-state index is 0.0827. The van der Waals surface area contributed by atoms with Crippen molar-refractivity contribution < 1.29 is 14.3 Å². The molecule has 1 aliphatic rings. The van der Waals surface area contributed by atoms with E-state index in [0.717, 1.165) is 39.4 Å². The van der Waals surface area contributed by atoms with E-state index in [4.69, 9.17) is 21.1 Å². The fourth-order valence-electron chi connectivity index (χ4n) is 4.46. The molecule has 4 aromatic rings. The lowest BCUT2D eigenvalue weighted by Gasteiger charge is -2.27. The van der Waals surface area contributed by atoms with Gasteiger partial charge in [0.05, 0.1) is 26.0 Å². The van der Waals surface area contributed by atoms with Gasteiger partial charge in [0.25, 0.3) is 5.91 Å². The summed E-state index contributed by atoms with van der Waals surface area (Å²) in [4.78, 5) is 15.4. The Morgan fingerprint density at radius 3 is 2.24 bits per heavy atom. The Morgan fingerprint density at radius 1 is 0.941 bits per heavy atom. The minimum Gasteiger partial charge on any atom is -0.497 e. The SMILES string of the molecule is COc1ccc(CCN2C(=O)c3[nH]nc(-c4ccc(OC)cc4)c3C2c2ccccc2Cl)cc1. The van der Waals surface area contributed by atoms with Crippen LogP contribution < -0.4 is 9.47 Å². The number of carbonyl (C=O) groups is 1. The van der Waals surface area contributed by atoms with Gasteiger partial charge in [-0.1, -0.05) is 41.9 Å². The summed E-state index contributed by atoms with van der Waals surface area (Å²) in [5.41, 5.74) is 4.99. The maximum Gasteiger partial charge on any atom is 0.273 e. The average Bonchev–Trinajstić information content (AvgIpc) is 3.42. The number of halogens is 1. The predicted molar refractivity (Wildman–Crippen MR) is 132 cm³/mol. The van der Waals surface area contributed by atoms with Gasteiger partial charge < -0.3 is 14.4 Å². The first kappa shape index (κ1) is 22.0. The van der Waals surface area contributed by atoms with Gasteiger partial charge in [-0.05, 0) is 60.0 Å². The van der Waals surface area contributed by atoms with Gasteiger partial charge in [-0.15, -0.1) is 0 Å². The number of benzene rings is 3. The zero-order valence-corrected chi connectivity index (χ0v) is 19.7. The Hall–Kier alpha value is -3.77. The molecule has 7 heteroatoms. The summed E-state index contributed by atoms with van der Waals surface area (Å²) in [7, 11) is 3.28. The Morgan fingerprint density at radius 2 is 1.59 bits per heavy atom. The van der Waals surface area contributed by atoms with Crippen LogP contribution in [-0.4, -0.2) is 41.8 Å². The zero-order valence-electron chi connectivity index (χ0n) is 18.9. The van der Waals surface area contributed by atoms with Crippen molar-refractivity contribution in [1.82, 2.24) is 15.1 Å². The minimum atomic E-state index is -0.342. The molecule has 172 valence electrons. The number of ether oxygens (including phenoxy) is 2. The lowest BCUT2D eigenvalue weighted by atomic mass is 9.96. The molecule has 1 atom stereocenters. The smallest absolute Gasteiger partial charge is 0.273 e. The van der Waals surface area contributed by atoms with Crippen molar-refractivity contribution in [1.29, 1.82) is 0 Å². The summed E-state index contributed by atoms with van der Waals surface area (Å²) in [6.07, 6.45) is 0.701. The van der Waals surface area contributed by atoms with Gasteiger partial charge in [-0.25, -0.2) is 0 Å². The van der Waals surface area contributed by atoms with E-state index >= 15 is 0 Å². The molecule has 1 aromatic heterocycles. The van der Waals surface area contributed by atoms with Crippen molar-refractivity contribution in [3.05, 3.63) is 100 Å². The van der Waals surface area contributed by atoms with Crippen LogP contribution in [0.3, 0.4) is 0 Å². The summed E-state index contributed by atoms with van der Waals surface area (Å²) < 4.78 is 10.5. The van der Waals surface area contributed by atoms with Crippen LogP contribution in [0.4, 0.5) is 0 Å². The van der Waals surface area contributed by atoms with Crippen LogP contribution in [0.2, 0.25) is 5.02 Å². The van der Waals surface area contributed by atoms with Crippen molar-refractivity contribution in [2.45, 2.75) is 12.5 Å². The second-order valence-corrected chi connectivity index (χ2v) is 8.52. The molecular formula is C27H24ClN3O3. The molecule has 3 aromatic carbocycles. The number of carbonyl (C=O) groups excluding carboxylic acids is 1. The van der Waals surface area contributed by atoms with Gasteiger partial charge in [0.2, 0.25) is 0 Å². The summed E-state index contributed by atoms with van der Waals surface area (Å²) in [5, 5.41) is 8.13. The van der Waals surface area contributed by atoms with Crippen LogP contribution in [-0.2, 0) is 6.42 Å². The Balaban J connectivity index is 1.54. The number of amides is 1. The van der Waals surface area contributed by atoms with E-state index < -0.39 is 0 Å². The van der Waals surface area contributed by atoms with Crippen molar-refractivity contribution in [3.63, 3.8) is 0 Å². The second kappa shape index (κ2) is 9.23. The topological polar surface area (TPSA) is 67.5 Å². The summed E-state index contributed by atoms with van der Waals surface area (Å²) >= 11 is 6.64. The summed E-state index contributed by atoms with van der Waals surface area (Å²) in [6.45, 7) is 0.533. The molecule has 0 radical (unpaired) electrons. The Bertz CT molecular complexity index is 1320. The third kappa shape index (κ3) is 3.90. The molecule has 6 nitrogen and oxygen atoms in total. The van der Waals surface area contributed by atoms with Crippen LogP contribution in [0, 0.1) is 0 Å². The first-order chi connectivity index (χ1) is 16.6. The van der Waals surface area contributed by atoms with E-state index in [9.17, 15) is 4.79 Å². The third-order valence-corrected chi connectivity index (χ3v) is 6.57. The monoisotopic (exact) mass is 473 g/mol. The van der Waals surface area contributed by atoms with Gasteiger partial charge in [0.1, 0.15) is 17.2 Å². The highest BCUT2D eigenvalue weighted by Gasteiger charge is 2.42. The number of aromatic amines is 1. The van der Waals surface area contributed by atoms with Crippen LogP contribution in [0.15, 0.2) is 72.8 Å². The van der Waals surface area contributed by atoms with Gasteiger partial charge in [-0.2, -0.15) is 5.10 Å². The number of nitrogens with one attached hydrogen (secondary N) is 1. The highest BCUT2D eigenvalue weighted by molar-refractivity contribution is 6.31. The van der Waals surface area contributed by atoms with E-state index in [0.29, 0.717) is 23.7 Å². The van der Waals surface area contributed by atoms with E-state index in [1.807, 2.05) is 77.7 Å². The van der Waals surface area contributed by atoms with Crippen molar-refractivity contribution >= 4 is 17.5 Å². The number of methoxy groups -OCH3 is 2. The summed E-state index contributed by atoms with van der Waals surface area (Å²) in [5.74, 6) is 1.48. The van der Waals surface area contributed by atoms with Crippen LogP contribution >= 0.6 is 11.6 Å². The number of hydrogen-bond donors (Lipinski definition) is 1. The number of rotatable bonds is 7. The standard InChI is InChI=1S/C27H24ClN3O3/c1-33-19-11-7-17(8-12-19)15-16-31-26(21-5-3-4-6-22(21)28)23-24(29-30-25(23)27(31)32)18-9-13-20(34-2)14-10-18/h3-14,26H,15-16H2,1-2H3,(H,29,30).